The quantitative estimate of drug-likeness (QED) is 0.897. The molecule has 2 aliphatic rings. The Morgan fingerprint density at radius 2 is 2.25 bits per heavy atom. The lowest BCUT2D eigenvalue weighted by Crippen LogP contribution is -2.22. The van der Waals surface area contributed by atoms with Gasteiger partial charge in [0.05, 0.1) is 5.69 Å². The third-order valence-electron chi connectivity index (χ3n) is 3.39. The van der Waals surface area contributed by atoms with Crippen LogP contribution in [0, 0.1) is 0 Å². The fourth-order valence-corrected chi connectivity index (χ4v) is 4.91. The summed E-state index contributed by atoms with van der Waals surface area (Å²) in [4.78, 5) is 6.25. The van der Waals surface area contributed by atoms with Gasteiger partial charge in [0.1, 0.15) is 5.01 Å². The topological polar surface area (TPSA) is 24.9 Å². The van der Waals surface area contributed by atoms with Gasteiger partial charge in [0.2, 0.25) is 0 Å². The molecule has 1 saturated carbocycles. The SMILES string of the molecule is C1CCC(SCc2nc3c(s2)CNCC3)C1. The highest BCUT2D eigenvalue weighted by Gasteiger charge is 2.18. The fourth-order valence-electron chi connectivity index (χ4n) is 2.48. The summed E-state index contributed by atoms with van der Waals surface area (Å²) in [6.45, 7) is 2.15. The molecule has 0 saturated heterocycles. The zero-order chi connectivity index (χ0) is 10.8. The molecule has 1 aromatic heterocycles. The van der Waals surface area contributed by atoms with Crippen molar-refractivity contribution in [3.8, 4) is 0 Å². The lowest BCUT2D eigenvalue weighted by molar-refractivity contribution is 0.643. The monoisotopic (exact) mass is 254 g/mol. The molecule has 2 nitrogen and oxygen atoms in total. The molecule has 1 N–H and O–H groups in total. The molecule has 0 spiro atoms. The molecule has 0 amide bonds. The second-order valence-electron chi connectivity index (χ2n) is 4.62. The lowest BCUT2D eigenvalue weighted by Gasteiger charge is -2.09. The highest BCUT2D eigenvalue weighted by Crippen LogP contribution is 2.33. The summed E-state index contributed by atoms with van der Waals surface area (Å²) in [5, 5.41) is 5.68. The van der Waals surface area contributed by atoms with Crippen molar-refractivity contribution in [3.05, 3.63) is 15.6 Å². The molecule has 1 aliphatic heterocycles. The molecule has 1 fully saturated rings. The molecule has 0 radical (unpaired) electrons. The Hall–Kier alpha value is -0.0600. The van der Waals surface area contributed by atoms with E-state index < -0.39 is 0 Å². The largest absolute Gasteiger partial charge is 0.311 e. The molecule has 4 heteroatoms. The van der Waals surface area contributed by atoms with Gasteiger partial charge in [-0.15, -0.1) is 11.3 Å². The van der Waals surface area contributed by atoms with Crippen LogP contribution >= 0.6 is 23.1 Å². The maximum absolute atomic E-state index is 4.77. The van der Waals surface area contributed by atoms with E-state index in [1.807, 2.05) is 11.3 Å². The average molecular weight is 254 g/mol. The first-order valence-corrected chi connectivity index (χ1v) is 8.08. The predicted octanol–water partition coefficient (Wildman–Crippen LogP) is 2.96. The van der Waals surface area contributed by atoms with Gasteiger partial charge in [-0.3, -0.25) is 0 Å². The van der Waals surface area contributed by atoms with Crippen LogP contribution in [0.3, 0.4) is 0 Å². The van der Waals surface area contributed by atoms with E-state index in [1.54, 1.807) is 0 Å². The smallest absolute Gasteiger partial charge is 0.103 e. The molecule has 0 atom stereocenters. The Morgan fingerprint density at radius 1 is 1.38 bits per heavy atom. The van der Waals surface area contributed by atoms with Gasteiger partial charge < -0.3 is 5.32 Å². The molecule has 88 valence electrons. The number of rotatable bonds is 3. The number of thioether (sulfide) groups is 1. The standard InChI is InChI=1S/C12H18N2S2/c1-2-4-9(3-1)15-8-12-14-10-5-6-13-7-11(10)16-12/h9,13H,1-8H2. The third kappa shape index (κ3) is 2.44. The second kappa shape index (κ2) is 5.07. The Bertz CT molecular complexity index is 332. The van der Waals surface area contributed by atoms with Gasteiger partial charge in [-0.2, -0.15) is 11.8 Å². The van der Waals surface area contributed by atoms with Crippen LogP contribution in [0.5, 0.6) is 0 Å². The van der Waals surface area contributed by atoms with Crippen molar-refractivity contribution in [1.82, 2.24) is 10.3 Å². The van der Waals surface area contributed by atoms with Crippen LogP contribution in [0.4, 0.5) is 0 Å². The minimum atomic E-state index is 0.916. The molecule has 1 aliphatic carbocycles. The van der Waals surface area contributed by atoms with Crippen LogP contribution in [0.25, 0.3) is 0 Å². The maximum Gasteiger partial charge on any atom is 0.103 e. The summed E-state index contributed by atoms with van der Waals surface area (Å²) < 4.78 is 0. The van der Waals surface area contributed by atoms with Gasteiger partial charge in [-0.05, 0) is 12.8 Å². The van der Waals surface area contributed by atoms with Gasteiger partial charge >= 0.3 is 0 Å². The second-order valence-corrected chi connectivity index (χ2v) is 7.08. The van der Waals surface area contributed by atoms with Crippen LogP contribution in [0.15, 0.2) is 0 Å². The van der Waals surface area contributed by atoms with Crippen molar-refractivity contribution in [2.75, 3.05) is 6.54 Å². The van der Waals surface area contributed by atoms with Gasteiger partial charge in [0.15, 0.2) is 0 Å². The summed E-state index contributed by atoms with van der Waals surface area (Å²) in [7, 11) is 0. The van der Waals surface area contributed by atoms with Crippen LogP contribution < -0.4 is 5.32 Å². The summed E-state index contributed by atoms with van der Waals surface area (Å²) >= 11 is 4.05. The van der Waals surface area contributed by atoms with Crippen LogP contribution in [0.1, 0.15) is 41.3 Å². The van der Waals surface area contributed by atoms with Gasteiger partial charge in [0, 0.05) is 35.4 Å². The van der Waals surface area contributed by atoms with E-state index in [-0.39, 0.29) is 0 Å². The summed E-state index contributed by atoms with van der Waals surface area (Å²) in [6.07, 6.45) is 6.86. The number of nitrogens with one attached hydrogen (secondary N) is 1. The number of nitrogens with zero attached hydrogens (tertiary/aromatic N) is 1. The van der Waals surface area contributed by atoms with Crippen LogP contribution in [0.2, 0.25) is 0 Å². The maximum atomic E-state index is 4.77. The van der Waals surface area contributed by atoms with E-state index in [4.69, 9.17) is 4.98 Å². The van der Waals surface area contributed by atoms with E-state index in [0.29, 0.717) is 0 Å². The molecular formula is C12H18N2S2. The van der Waals surface area contributed by atoms with Crippen molar-refractivity contribution < 1.29 is 0 Å². The van der Waals surface area contributed by atoms with Crippen molar-refractivity contribution in [2.45, 2.75) is 49.7 Å². The first kappa shape index (κ1) is 11.1. The number of fused-ring (bicyclic) bond motifs is 1. The predicted molar refractivity (Wildman–Crippen MR) is 71.1 cm³/mol. The molecule has 0 aromatic carbocycles. The fraction of sp³-hybridized carbons (Fsp3) is 0.750. The summed E-state index contributed by atoms with van der Waals surface area (Å²) in [5.74, 6) is 1.14. The molecule has 0 unspecified atom stereocenters. The number of aromatic nitrogens is 1. The van der Waals surface area contributed by atoms with Gasteiger partial charge in [0.25, 0.3) is 0 Å². The van der Waals surface area contributed by atoms with E-state index in [2.05, 4.69) is 17.1 Å². The van der Waals surface area contributed by atoms with E-state index in [0.717, 1.165) is 30.5 Å². The van der Waals surface area contributed by atoms with Crippen molar-refractivity contribution in [2.24, 2.45) is 0 Å². The Kier molecular flexibility index (Phi) is 3.50. The summed E-state index contributed by atoms with van der Waals surface area (Å²) in [6, 6.07) is 0. The number of thiazole rings is 1. The third-order valence-corrected chi connectivity index (χ3v) is 6.05. The first-order valence-electron chi connectivity index (χ1n) is 6.21. The van der Waals surface area contributed by atoms with E-state index in [1.165, 1.54) is 41.3 Å². The van der Waals surface area contributed by atoms with E-state index >= 15 is 0 Å². The van der Waals surface area contributed by atoms with E-state index in [9.17, 15) is 0 Å². The minimum Gasteiger partial charge on any atom is -0.311 e. The normalized spacial score (nSPS) is 21.2. The number of hydrogen-bond donors (Lipinski definition) is 1. The minimum absolute atomic E-state index is 0.916. The first-order chi connectivity index (χ1) is 7.92. The molecule has 2 heterocycles. The van der Waals surface area contributed by atoms with Gasteiger partial charge in [-0.1, -0.05) is 12.8 Å². The Balaban J connectivity index is 1.59. The van der Waals surface area contributed by atoms with Crippen molar-refractivity contribution >= 4 is 23.1 Å². The Labute approximate surface area is 105 Å². The average Bonchev–Trinajstić information content (AvgIpc) is 2.95. The zero-order valence-electron chi connectivity index (χ0n) is 9.50. The molecule has 3 rings (SSSR count). The highest BCUT2D eigenvalue weighted by molar-refractivity contribution is 7.99. The van der Waals surface area contributed by atoms with Crippen molar-refractivity contribution in [1.29, 1.82) is 0 Å². The zero-order valence-corrected chi connectivity index (χ0v) is 11.1. The van der Waals surface area contributed by atoms with Gasteiger partial charge in [-0.25, -0.2) is 4.98 Å². The van der Waals surface area contributed by atoms with Crippen LogP contribution in [-0.2, 0) is 18.7 Å². The summed E-state index contributed by atoms with van der Waals surface area (Å²) in [5.41, 5.74) is 1.37. The molecule has 1 aromatic rings. The van der Waals surface area contributed by atoms with Crippen LogP contribution in [-0.4, -0.2) is 16.8 Å². The number of hydrogen-bond acceptors (Lipinski definition) is 4. The Morgan fingerprint density at radius 3 is 3.06 bits per heavy atom. The highest BCUT2D eigenvalue weighted by atomic mass is 32.2. The molecule has 0 bridgehead atoms. The molecule has 16 heavy (non-hydrogen) atoms. The van der Waals surface area contributed by atoms with Crippen molar-refractivity contribution in [3.63, 3.8) is 0 Å². The molecular weight excluding hydrogens is 236 g/mol. The lowest BCUT2D eigenvalue weighted by atomic mass is 10.2.